The van der Waals surface area contributed by atoms with Crippen LogP contribution >= 0.6 is 15.9 Å². The highest BCUT2D eigenvalue weighted by Gasteiger charge is 2.27. The predicted molar refractivity (Wildman–Crippen MR) is 86.6 cm³/mol. The second-order valence-corrected chi connectivity index (χ2v) is 7.45. The van der Waals surface area contributed by atoms with E-state index in [4.69, 9.17) is 4.74 Å². The normalized spacial score (nSPS) is 11.5. The Morgan fingerprint density at radius 2 is 1.82 bits per heavy atom. The van der Waals surface area contributed by atoms with Crippen LogP contribution in [0.25, 0.3) is 0 Å². The van der Waals surface area contributed by atoms with Crippen LogP contribution in [-0.4, -0.2) is 25.0 Å². The molecule has 2 rings (SSSR count). The smallest absolute Gasteiger partial charge is 0.356 e. The lowest BCUT2D eigenvalue weighted by Crippen LogP contribution is -2.20. The van der Waals surface area contributed by atoms with Gasteiger partial charge in [0, 0.05) is 10.7 Å². The Bertz CT molecular complexity index is 807. The van der Waals surface area contributed by atoms with E-state index in [1.54, 1.807) is 26.0 Å². The Kier molecular flexibility index (Phi) is 4.77. The number of nitrogens with zero attached hydrogens (tertiary/aromatic N) is 1. The highest BCUT2D eigenvalue weighted by molar-refractivity contribution is 9.10. The van der Waals surface area contributed by atoms with Crippen molar-refractivity contribution in [1.29, 1.82) is 0 Å². The molecular formula is C15H16BrNO4S. The van der Waals surface area contributed by atoms with E-state index >= 15 is 0 Å². The summed E-state index contributed by atoms with van der Waals surface area (Å²) < 4.78 is 32.0. The van der Waals surface area contributed by atoms with Gasteiger partial charge >= 0.3 is 5.97 Å². The third-order valence-electron chi connectivity index (χ3n) is 3.21. The Morgan fingerprint density at radius 1 is 1.23 bits per heavy atom. The molecule has 0 saturated carbocycles. The van der Waals surface area contributed by atoms with Crippen LogP contribution in [0.3, 0.4) is 0 Å². The summed E-state index contributed by atoms with van der Waals surface area (Å²) in [5.41, 5.74) is 1.48. The van der Waals surface area contributed by atoms with Crippen molar-refractivity contribution in [3.63, 3.8) is 0 Å². The quantitative estimate of drug-likeness (QED) is 0.757. The van der Waals surface area contributed by atoms with Crippen molar-refractivity contribution in [3.8, 4) is 0 Å². The molecule has 0 fully saturated rings. The zero-order chi connectivity index (χ0) is 16.5. The van der Waals surface area contributed by atoms with Crippen LogP contribution in [0.4, 0.5) is 0 Å². The number of rotatable bonds is 4. The molecule has 0 atom stereocenters. The lowest BCUT2D eigenvalue weighted by molar-refractivity contribution is 0.0517. The molecule has 0 radical (unpaired) electrons. The van der Waals surface area contributed by atoms with Gasteiger partial charge in [-0.3, -0.25) is 0 Å². The number of benzene rings is 1. The molecule has 2 aromatic rings. The molecule has 118 valence electrons. The van der Waals surface area contributed by atoms with E-state index in [0.29, 0.717) is 10.0 Å². The van der Waals surface area contributed by atoms with Crippen LogP contribution in [0, 0.1) is 13.8 Å². The topological polar surface area (TPSA) is 65.4 Å². The van der Waals surface area contributed by atoms with Gasteiger partial charge in [0.15, 0.2) is 0 Å². The number of halogens is 1. The summed E-state index contributed by atoms with van der Waals surface area (Å²) in [6.07, 6.45) is 1.37. The maximum atomic E-state index is 12.8. The average Bonchev–Trinajstić information content (AvgIpc) is 2.76. The SMILES string of the molecule is CCOC(=O)c1c(C)c(Br)cn1S(=O)(=O)c1ccc(C)cc1. The van der Waals surface area contributed by atoms with E-state index in [-0.39, 0.29) is 17.2 Å². The highest BCUT2D eigenvalue weighted by Crippen LogP contribution is 2.27. The lowest BCUT2D eigenvalue weighted by Gasteiger charge is -2.10. The van der Waals surface area contributed by atoms with Crippen molar-refractivity contribution in [2.75, 3.05) is 6.61 Å². The third kappa shape index (κ3) is 2.96. The first-order valence-electron chi connectivity index (χ1n) is 6.65. The van der Waals surface area contributed by atoms with Gasteiger partial charge < -0.3 is 4.74 Å². The Labute approximate surface area is 138 Å². The van der Waals surface area contributed by atoms with Gasteiger partial charge in [-0.05, 0) is 54.4 Å². The van der Waals surface area contributed by atoms with Crippen molar-refractivity contribution in [3.05, 3.63) is 51.8 Å². The molecule has 0 aliphatic heterocycles. The fraction of sp³-hybridized carbons (Fsp3) is 0.267. The van der Waals surface area contributed by atoms with E-state index in [1.807, 2.05) is 6.92 Å². The number of ether oxygens (including phenoxy) is 1. The number of carbonyl (C=O) groups excluding carboxylic acids is 1. The van der Waals surface area contributed by atoms with Crippen LogP contribution in [0.5, 0.6) is 0 Å². The molecule has 1 heterocycles. The Balaban J connectivity index is 2.63. The number of carbonyl (C=O) groups is 1. The predicted octanol–water partition coefficient (Wildman–Crippen LogP) is 3.28. The fourth-order valence-electron chi connectivity index (χ4n) is 2.00. The lowest BCUT2D eigenvalue weighted by atomic mass is 10.2. The molecule has 0 spiro atoms. The summed E-state index contributed by atoms with van der Waals surface area (Å²) in [5.74, 6) is -0.665. The number of aryl methyl sites for hydroxylation is 1. The molecule has 22 heavy (non-hydrogen) atoms. The van der Waals surface area contributed by atoms with Crippen molar-refractivity contribution in [1.82, 2.24) is 3.97 Å². The molecule has 5 nitrogen and oxygen atoms in total. The fourth-order valence-corrected chi connectivity index (χ4v) is 3.93. The summed E-state index contributed by atoms with van der Waals surface area (Å²) in [7, 11) is -3.87. The van der Waals surface area contributed by atoms with E-state index < -0.39 is 16.0 Å². The monoisotopic (exact) mass is 385 g/mol. The molecule has 0 bridgehead atoms. The second-order valence-electron chi connectivity index (χ2n) is 4.79. The van der Waals surface area contributed by atoms with Crippen LogP contribution in [0.15, 0.2) is 39.8 Å². The van der Waals surface area contributed by atoms with E-state index in [2.05, 4.69) is 15.9 Å². The standard InChI is InChI=1S/C15H16BrNO4S/c1-4-21-15(18)14-11(3)13(16)9-17(14)22(19,20)12-7-5-10(2)6-8-12/h5-9H,4H2,1-3H3. The van der Waals surface area contributed by atoms with Crippen LogP contribution in [-0.2, 0) is 14.8 Å². The Morgan fingerprint density at radius 3 is 2.36 bits per heavy atom. The minimum absolute atomic E-state index is 0.00861. The van der Waals surface area contributed by atoms with Crippen LogP contribution in [0.1, 0.15) is 28.5 Å². The van der Waals surface area contributed by atoms with E-state index in [0.717, 1.165) is 9.54 Å². The molecule has 0 aliphatic rings. The molecule has 0 N–H and O–H groups in total. The Hall–Kier alpha value is -1.60. The zero-order valence-electron chi connectivity index (χ0n) is 12.5. The van der Waals surface area contributed by atoms with Crippen molar-refractivity contribution < 1.29 is 17.9 Å². The second kappa shape index (κ2) is 6.26. The van der Waals surface area contributed by atoms with Gasteiger partial charge in [0.05, 0.1) is 11.5 Å². The van der Waals surface area contributed by atoms with Gasteiger partial charge in [0.1, 0.15) is 5.69 Å². The molecule has 0 aliphatic carbocycles. The van der Waals surface area contributed by atoms with Gasteiger partial charge in [0.2, 0.25) is 0 Å². The molecular weight excluding hydrogens is 370 g/mol. The molecule has 0 unspecified atom stereocenters. The maximum Gasteiger partial charge on any atom is 0.356 e. The first kappa shape index (κ1) is 16.8. The summed E-state index contributed by atoms with van der Waals surface area (Å²) in [5, 5.41) is 0. The first-order valence-corrected chi connectivity index (χ1v) is 8.89. The van der Waals surface area contributed by atoms with Crippen LogP contribution < -0.4 is 0 Å². The van der Waals surface area contributed by atoms with E-state index in [1.165, 1.54) is 18.3 Å². The number of hydrogen-bond acceptors (Lipinski definition) is 4. The van der Waals surface area contributed by atoms with Crippen molar-refractivity contribution >= 4 is 31.9 Å². The molecule has 0 amide bonds. The van der Waals surface area contributed by atoms with Gasteiger partial charge in [-0.25, -0.2) is 17.2 Å². The summed E-state index contributed by atoms with van der Waals surface area (Å²) in [6.45, 7) is 5.38. The average molecular weight is 386 g/mol. The minimum atomic E-state index is -3.87. The summed E-state index contributed by atoms with van der Waals surface area (Å²) >= 11 is 3.27. The summed E-state index contributed by atoms with van der Waals surface area (Å²) in [4.78, 5) is 12.2. The summed E-state index contributed by atoms with van der Waals surface area (Å²) in [6, 6.07) is 6.45. The zero-order valence-corrected chi connectivity index (χ0v) is 14.9. The van der Waals surface area contributed by atoms with Crippen LogP contribution in [0.2, 0.25) is 0 Å². The van der Waals surface area contributed by atoms with Gasteiger partial charge in [-0.1, -0.05) is 17.7 Å². The van der Waals surface area contributed by atoms with Crippen molar-refractivity contribution in [2.24, 2.45) is 0 Å². The molecule has 0 saturated heterocycles. The molecule has 7 heteroatoms. The van der Waals surface area contributed by atoms with Gasteiger partial charge in [-0.2, -0.15) is 0 Å². The number of hydrogen-bond donors (Lipinski definition) is 0. The highest BCUT2D eigenvalue weighted by atomic mass is 79.9. The number of esters is 1. The van der Waals surface area contributed by atoms with Gasteiger partial charge in [0.25, 0.3) is 10.0 Å². The maximum absolute atomic E-state index is 12.8. The molecule has 1 aromatic carbocycles. The largest absolute Gasteiger partial charge is 0.461 e. The first-order chi connectivity index (χ1) is 10.3. The third-order valence-corrected chi connectivity index (χ3v) is 5.68. The van der Waals surface area contributed by atoms with Gasteiger partial charge in [-0.15, -0.1) is 0 Å². The van der Waals surface area contributed by atoms with Crippen molar-refractivity contribution in [2.45, 2.75) is 25.7 Å². The van der Waals surface area contributed by atoms with E-state index in [9.17, 15) is 13.2 Å². The number of aromatic nitrogens is 1. The minimum Gasteiger partial charge on any atom is -0.461 e. The molecule has 1 aromatic heterocycles.